The normalized spacial score (nSPS) is 30.0. The molecule has 1 saturated heterocycles. The number of carbonyl (C=O) groups is 1. The molecular weight excluding hydrogens is 308 g/mol. The predicted octanol–water partition coefficient (Wildman–Crippen LogP) is 3.81. The number of anilines is 1. The van der Waals surface area contributed by atoms with Crippen LogP contribution in [0.3, 0.4) is 0 Å². The number of fused-ring (bicyclic) bond motifs is 2. The summed E-state index contributed by atoms with van der Waals surface area (Å²) in [6.07, 6.45) is 6.26. The summed E-state index contributed by atoms with van der Waals surface area (Å²) in [7, 11) is 0. The molecule has 23 heavy (non-hydrogen) atoms. The molecule has 4 rings (SSSR count). The molecule has 3 unspecified atom stereocenters. The van der Waals surface area contributed by atoms with Gasteiger partial charge in [0, 0.05) is 43.3 Å². The number of halogens is 1. The Morgan fingerprint density at radius 3 is 2.61 bits per heavy atom. The Bertz CT molecular complexity index is 582. The van der Waals surface area contributed by atoms with E-state index in [1.165, 1.54) is 25.7 Å². The van der Waals surface area contributed by atoms with Crippen molar-refractivity contribution in [3.05, 3.63) is 29.3 Å². The molecule has 2 bridgehead atoms. The largest absolute Gasteiger partial charge is 0.368 e. The van der Waals surface area contributed by atoms with Crippen LogP contribution in [0.4, 0.5) is 5.69 Å². The van der Waals surface area contributed by atoms with Crippen molar-refractivity contribution in [1.29, 1.82) is 0 Å². The first-order chi connectivity index (χ1) is 11.2. The molecule has 0 aromatic heterocycles. The summed E-state index contributed by atoms with van der Waals surface area (Å²) in [6.45, 7) is 3.49. The molecule has 1 aromatic rings. The number of benzene rings is 1. The monoisotopic (exact) mass is 332 g/mol. The summed E-state index contributed by atoms with van der Waals surface area (Å²) >= 11 is 6.08. The summed E-state index contributed by atoms with van der Waals surface area (Å²) < 4.78 is 0. The van der Waals surface area contributed by atoms with Gasteiger partial charge in [0.25, 0.3) is 0 Å². The van der Waals surface area contributed by atoms with Gasteiger partial charge < -0.3 is 9.80 Å². The van der Waals surface area contributed by atoms with Crippen molar-refractivity contribution in [3.8, 4) is 0 Å². The van der Waals surface area contributed by atoms with E-state index in [1.54, 1.807) is 0 Å². The molecule has 2 saturated carbocycles. The van der Waals surface area contributed by atoms with Crippen LogP contribution in [-0.4, -0.2) is 37.0 Å². The zero-order valence-corrected chi connectivity index (χ0v) is 14.3. The number of nitrogens with zero attached hydrogens (tertiary/aromatic N) is 2. The molecule has 3 nitrogen and oxygen atoms in total. The standard InChI is InChI=1S/C19H25ClN2O/c20-17-2-1-3-18(13-17)21-6-8-22(9-7-21)19(23)12-16-11-14-4-5-15(16)10-14/h1-3,13-16H,4-12H2. The molecule has 0 N–H and O–H groups in total. The maximum atomic E-state index is 12.6. The maximum Gasteiger partial charge on any atom is 0.222 e. The first kappa shape index (κ1) is 15.3. The molecule has 3 atom stereocenters. The Hall–Kier alpha value is -1.22. The summed E-state index contributed by atoms with van der Waals surface area (Å²) in [5, 5.41) is 0.775. The van der Waals surface area contributed by atoms with Crippen molar-refractivity contribution in [1.82, 2.24) is 4.90 Å². The lowest BCUT2D eigenvalue weighted by atomic mass is 9.86. The van der Waals surface area contributed by atoms with Crippen LogP contribution >= 0.6 is 11.6 Å². The average molecular weight is 333 g/mol. The van der Waals surface area contributed by atoms with E-state index in [1.807, 2.05) is 18.2 Å². The molecule has 1 aliphatic heterocycles. The molecule has 1 amide bonds. The smallest absolute Gasteiger partial charge is 0.222 e. The number of hydrogen-bond acceptors (Lipinski definition) is 2. The molecule has 1 aromatic carbocycles. The van der Waals surface area contributed by atoms with E-state index in [4.69, 9.17) is 11.6 Å². The Labute approximate surface area is 143 Å². The number of amides is 1. The summed E-state index contributed by atoms with van der Waals surface area (Å²) in [5.41, 5.74) is 1.16. The van der Waals surface area contributed by atoms with Crippen LogP contribution in [0.2, 0.25) is 5.02 Å². The van der Waals surface area contributed by atoms with Crippen LogP contribution in [0.1, 0.15) is 32.1 Å². The van der Waals surface area contributed by atoms with Gasteiger partial charge in [0.15, 0.2) is 0 Å². The van der Waals surface area contributed by atoms with Gasteiger partial charge in [-0.05, 0) is 55.2 Å². The van der Waals surface area contributed by atoms with Crippen molar-refractivity contribution in [2.75, 3.05) is 31.1 Å². The van der Waals surface area contributed by atoms with Gasteiger partial charge in [-0.1, -0.05) is 24.1 Å². The maximum absolute atomic E-state index is 12.6. The highest BCUT2D eigenvalue weighted by Crippen LogP contribution is 2.49. The summed E-state index contributed by atoms with van der Waals surface area (Å²) in [4.78, 5) is 17.0. The third-order valence-corrected chi connectivity index (χ3v) is 6.36. The van der Waals surface area contributed by atoms with Gasteiger partial charge in [-0.25, -0.2) is 0 Å². The first-order valence-electron chi connectivity index (χ1n) is 8.97. The molecule has 3 fully saturated rings. The molecule has 0 spiro atoms. The van der Waals surface area contributed by atoms with E-state index >= 15 is 0 Å². The fourth-order valence-electron chi connectivity index (χ4n) is 4.87. The zero-order valence-electron chi connectivity index (χ0n) is 13.6. The van der Waals surface area contributed by atoms with Crippen LogP contribution in [0.25, 0.3) is 0 Å². The van der Waals surface area contributed by atoms with Gasteiger partial charge in [-0.3, -0.25) is 4.79 Å². The molecular formula is C19H25ClN2O. The average Bonchev–Trinajstić information content (AvgIpc) is 3.18. The topological polar surface area (TPSA) is 23.6 Å². The Balaban J connectivity index is 1.30. The van der Waals surface area contributed by atoms with Crippen LogP contribution in [-0.2, 0) is 4.79 Å². The van der Waals surface area contributed by atoms with Crippen molar-refractivity contribution in [2.24, 2.45) is 17.8 Å². The van der Waals surface area contributed by atoms with Crippen molar-refractivity contribution in [3.63, 3.8) is 0 Å². The predicted molar refractivity (Wildman–Crippen MR) is 93.8 cm³/mol. The number of hydrogen-bond donors (Lipinski definition) is 0. The molecule has 1 heterocycles. The SMILES string of the molecule is O=C(CC1CC2CCC1C2)N1CCN(c2cccc(Cl)c2)CC1. The van der Waals surface area contributed by atoms with Crippen molar-refractivity contribution < 1.29 is 4.79 Å². The van der Waals surface area contributed by atoms with Gasteiger partial charge in [-0.2, -0.15) is 0 Å². The Morgan fingerprint density at radius 2 is 1.96 bits per heavy atom. The van der Waals surface area contributed by atoms with Gasteiger partial charge in [0.2, 0.25) is 5.91 Å². The van der Waals surface area contributed by atoms with E-state index in [-0.39, 0.29) is 0 Å². The molecule has 2 aliphatic carbocycles. The van der Waals surface area contributed by atoms with E-state index < -0.39 is 0 Å². The second-order valence-electron chi connectivity index (χ2n) is 7.49. The van der Waals surface area contributed by atoms with E-state index in [2.05, 4.69) is 15.9 Å². The zero-order chi connectivity index (χ0) is 15.8. The van der Waals surface area contributed by atoms with Crippen LogP contribution in [0.15, 0.2) is 24.3 Å². The Morgan fingerprint density at radius 1 is 1.13 bits per heavy atom. The third kappa shape index (κ3) is 3.21. The minimum absolute atomic E-state index is 0.383. The lowest BCUT2D eigenvalue weighted by Crippen LogP contribution is -2.49. The highest BCUT2D eigenvalue weighted by atomic mass is 35.5. The van der Waals surface area contributed by atoms with Crippen molar-refractivity contribution >= 4 is 23.2 Å². The fourth-order valence-corrected chi connectivity index (χ4v) is 5.05. The molecule has 3 aliphatic rings. The lowest BCUT2D eigenvalue weighted by molar-refractivity contribution is -0.132. The first-order valence-corrected chi connectivity index (χ1v) is 9.35. The third-order valence-electron chi connectivity index (χ3n) is 6.13. The van der Waals surface area contributed by atoms with Gasteiger partial charge >= 0.3 is 0 Å². The highest BCUT2D eigenvalue weighted by molar-refractivity contribution is 6.30. The van der Waals surface area contributed by atoms with E-state index in [0.29, 0.717) is 11.8 Å². The second kappa shape index (κ2) is 6.35. The minimum atomic E-state index is 0.383. The van der Waals surface area contributed by atoms with E-state index in [9.17, 15) is 4.79 Å². The van der Waals surface area contributed by atoms with Crippen LogP contribution < -0.4 is 4.90 Å². The van der Waals surface area contributed by atoms with Gasteiger partial charge in [0.1, 0.15) is 0 Å². The van der Waals surface area contributed by atoms with Crippen LogP contribution in [0.5, 0.6) is 0 Å². The van der Waals surface area contributed by atoms with Crippen molar-refractivity contribution in [2.45, 2.75) is 32.1 Å². The summed E-state index contributed by atoms with van der Waals surface area (Å²) in [5.74, 6) is 2.83. The molecule has 0 radical (unpaired) electrons. The minimum Gasteiger partial charge on any atom is -0.368 e. The molecule has 4 heteroatoms. The summed E-state index contributed by atoms with van der Waals surface area (Å²) in [6, 6.07) is 8.00. The van der Waals surface area contributed by atoms with Gasteiger partial charge in [-0.15, -0.1) is 0 Å². The fraction of sp³-hybridized carbons (Fsp3) is 0.632. The lowest BCUT2D eigenvalue weighted by Gasteiger charge is -2.37. The number of rotatable bonds is 3. The second-order valence-corrected chi connectivity index (χ2v) is 7.92. The highest BCUT2D eigenvalue weighted by Gasteiger charge is 2.40. The Kier molecular flexibility index (Phi) is 4.23. The van der Waals surface area contributed by atoms with Crippen LogP contribution in [0, 0.1) is 17.8 Å². The quantitative estimate of drug-likeness (QED) is 0.840. The number of carbonyl (C=O) groups excluding carboxylic acids is 1. The number of piperazine rings is 1. The van der Waals surface area contributed by atoms with E-state index in [0.717, 1.165) is 55.1 Å². The van der Waals surface area contributed by atoms with Gasteiger partial charge in [0.05, 0.1) is 0 Å². The molecule has 124 valence electrons.